The van der Waals surface area contributed by atoms with E-state index in [1.54, 1.807) is 6.07 Å². The SMILES string of the molecule is O=C(O)[C@H](Cc1ccccc1)N=C(c1ccccc1)c1ccccc1[N-]C(=O)[C@@H]1CCCN1Cc1ccccc1.[Ni+2]. The van der Waals surface area contributed by atoms with Crippen LogP contribution >= 0.6 is 0 Å². The van der Waals surface area contributed by atoms with Crippen molar-refractivity contribution in [3.05, 3.63) is 143 Å². The summed E-state index contributed by atoms with van der Waals surface area (Å²) in [5.41, 5.74) is 4.45. The van der Waals surface area contributed by atoms with Gasteiger partial charge in [-0.3, -0.25) is 9.89 Å². The van der Waals surface area contributed by atoms with E-state index in [1.165, 1.54) is 5.56 Å². The van der Waals surface area contributed by atoms with Gasteiger partial charge in [0.15, 0.2) is 6.04 Å². The molecule has 4 aromatic carbocycles. The van der Waals surface area contributed by atoms with Crippen molar-refractivity contribution in [1.82, 2.24) is 4.90 Å². The molecule has 0 bridgehead atoms. The van der Waals surface area contributed by atoms with Crippen LogP contribution in [-0.2, 0) is 39.0 Å². The van der Waals surface area contributed by atoms with Gasteiger partial charge in [0.05, 0.1) is 17.7 Å². The molecule has 0 aliphatic carbocycles. The quantitative estimate of drug-likeness (QED) is 0.171. The Bertz CT molecular complexity index is 1460. The van der Waals surface area contributed by atoms with E-state index < -0.39 is 12.0 Å². The Hall–Kier alpha value is -4.06. The molecule has 0 radical (unpaired) electrons. The van der Waals surface area contributed by atoms with Crippen LogP contribution in [0.5, 0.6) is 0 Å². The van der Waals surface area contributed by atoms with E-state index in [0.717, 1.165) is 30.5 Å². The van der Waals surface area contributed by atoms with Crippen LogP contribution in [0.1, 0.15) is 35.1 Å². The second-order valence-corrected chi connectivity index (χ2v) is 9.97. The molecule has 1 aliphatic heterocycles. The molecule has 1 fully saturated rings. The van der Waals surface area contributed by atoms with Crippen molar-refractivity contribution >= 4 is 23.3 Å². The summed E-state index contributed by atoms with van der Waals surface area (Å²) in [4.78, 5) is 32.9. The van der Waals surface area contributed by atoms with Crippen LogP contribution in [0.3, 0.4) is 0 Å². The molecule has 1 aliphatic rings. The molecule has 4 aromatic rings. The van der Waals surface area contributed by atoms with Crippen molar-refractivity contribution in [1.29, 1.82) is 0 Å². The molecule has 41 heavy (non-hydrogen) atoms. The molecule has 1 N–H and O–H groups in total. The topological polar surface area (TPSA) is 84.1 Å². The van der Waals surface area contributed by atoms with Gasteiger partial charge >= 0.3 is 22.5 Å². The summed E-state index contributed by atoms with van der Waals surface area (Å²) >= 11 is 0. The molecule has 2 atom stereocenters. The number of hydrogen-bond acceptors (Lipinski definition) is 4. The molecule has 1 amide bonds. The Morgan fingerprint density at radius 1 is 0.829 bits per heavy atom. The maximum absolute atomic E-state index is 13.6. The van der Waals surface area contributed by atoms with Gasteiger partial charge in [0.25, 0.3) is 0 Å². The number of likely N-dealkylation sites (tertiary alicyclic amines) is 1. The Morgan fingerprint density at radius 2 is 1.41 bits per heavy atom. The fraction of sp³-hybridized carbons (Fsp3) is 0.206. The summed E-state index contributed by atoms with van der Waals surface area (Å²) < 4.78 is 0. The molecule has 6 nitrogen and oxygen atoms in total. The molecular weight excluding hydrogens is 557 g/mol. The smallest absolute Gasteiger partial charge is 0.625 e. The summed E-state index contributed by atoms with van der Waals surface area (Å²) in [7, 11) is 0. The minimum atomic E-state index is -1.01. The van der Waals surface area contributed by atoms with Gasteiger partial charge in [0.2, 0.25) is 0 Å². The van der Waals surface area contributed by atoms with Crippen molar-refractivity contribution in [2.45, 2.75) is 37.9 Å². The summed E-state index contributed by atoms with van der Waals surface area (Å²) in [6.07, 6.45) is 1.95. The zero-order chi connectivity index (χ0) is 27.7. The number of benzene rings is 4. The van der Waals surface area contributed by atoms with E-state index in [1.807, 2.05) is 97.1 Å². The number of amides is 1. The molecule has 0 saturated carbocycles. The average molecular weight is 589 g/mol. The molecule has 0 spiro atoms. The minimum absolute atomic E-state index is 0. The molecule has 1 heterocycles. The predicted molar refractivity (Wildman–Crippen MR) is 158 cm³/mol. The first-order chi connectivity index (χ1) is 19.6. The van der Waals surface area contributed by atoms with Gasteiger partial charge in [-0.2, -0.15) is 0 Å². The van der Waals surface area contributed by atoms with Gasteiger partial charge in [0, 0.05) is 18.5 Å². The van der Waals surface area contributed by atoms with E-state index in [-0.39, 0.29) is 34.9 Å². The van der Waals surface area contributed by atoms with Crippen LogP contribution in [0, 0.1) is 0 Å². The number of para-hydroxylation sites is 1. The van der Waals surface area contributed by atoms with Crippen molar-refractivity contribution in [2.24, 2.45) is 4.99 Å². The summed E-state index contributed by atoms with van der Waals surface area (Å²) in [5.74, 6) is -1.20. The van der Waals surface area contributed by atoms with Crippen LogP contribution in [0.15, 0.2) is 120 Å². The first kappa shape index (κ1) is 29.9. The molecule has 0 aromatic heterocycles. The van der Waals surface area contributed by atoms with Gasteiger partial charge in [-0.15, -0.1) is 5.69 Å². The van der Waals surface area contributed by atoms with E-state index in [2.05, 4.69) is 22.3 Å². The van der Waals surface area contributed by atoms with Crippen molar-refractivity contribution < 1.29 is 31.2 Å². The maximum atomic E-state index is 13.6. The summed E-state index contributed by atoms with van der Waals surface area (Å²) in [6.45, 7) is 1.55. The number of carboxylic acid groups (broad SMARTS) is 1. The average Bonchev–Trinajstić information content (AvgIpc) is 3.45. The first-order valence-corrected chi connectivity index (χ1v) is 13.6. The van der Waals surface area contributed by atoms with Crippen molar-refractivity contribution in [2.75, 3.05) is 6.54 Å². The Morgan fingerprint density at radius 3 is 2.07 bits per heavy atom. The normalized spacial score (nSPS) is 16.0. The van der Waals surface area contributed by atoms with E-state index in [9.17, 15) is 14.7 Å². The van der Waals surface area contributed by atoms with Gasteiger partial charge in [-0.1, -0.05) is 115 Å². The third-order valence-corrected chi connectivity index (χ3v) is 7.16. The number of carbonyl (C=O) groups excluding carboxylic acids is 1. The number of carbonyl (C=O) groups is 2. The molecular formula is C34H32N3NiO3+. The molecule has 1 saturated heterocycles. The van der Waals surface area contributed by atoms with E-state index in [0.29, 0.717) is 23.5 Å². The zero-order valence-electron chi connectivity index (χ0n) is 22.6. The molecule has 5 rings (SSSR count). The Kier molecular flexibility index (Phi) is 10.6. The largest absolute Gasteiger partial charge is 2.00 e. The minimum Gasteiger partial charge on any atom is -0.625 e. The standard InChI is InChI=1S/C34H33N3O3.Ni/c38-33(31-21-12-22-37(31)24-26-15-6-2-7-16-26)36-29-20-11-10-19-28(29)32(27-17-8-3-9-18-27)35-30(34(39)40)23-25-13-4-1-5-14-25;/h1-11,13-20,30-31H,12,21-24H2,(H2,35,36,38,39,40);/q;+2/p-1/t30-,31-;/m0./s1. The molecule has 0 unspecified atom stereocenters. The fourth-order valence-electron chi connectivity index (χ4n) is 5.15. The predicted octanol–water partition coefficient (Wildman–Crippen LogP) is 6.41. The van der Waals surface area contributed by atoms with Gasteiger partial charge in [-0.25, -0.2) is 4.79 Å². The second-order valence-electron chi connectivity index (χ2n) is 9.97. The summed E-state index contributed by atoms with van der Waals surface area (Å²) in [5, 5.41) is 14.7. The van der Waals surface area contributed by atoms with Gasteiger partial charge < -0.3 is 15.2 Å². The van der Waals surface area contributed by atoms with Crippen LogP contribution in [0.4, 0.5) is 5.69 Å². The molecule has 7 heteroatoms. The third-order valence-electron chi connectivity index (χ3n) is 7.16. The number of hydrogen-bond donors (Lipinski definition) is 1. The fourth-order valence-corrected chi connectivity index (χ4v) is 5.15. The van der Waals surface area contributed by atoms with Crippen LogP contribution in [0.25, 0.3) is 5.32 Å². The number of aliphatic carboxylic acids is 1. The number of aliphatic imine (C=N–C) groups is 1. The maximum Gasteiger partial charge on any atom is 2.00 e. The van der Waals surface area contributed by atoms with E-state index in [4.69, 9.17) is 4.99 Å². The number of carboxylic acids is 1. The van der Waals surface area contributed by atoms with Crippen LogP contribution in [0.2, 0.25) is 0 Å². The summed E-state index contributed by atoms with van der Waals surface area (Å²) in [6, 6.07) is 35.2. The zero-order valence-corrected chi connectivity index (χ0v) is 23.6. The molecule has 210 valence electrons. The Labute approximate surface area is 251 Å². The first-order valence-electron chi connectivity index (χ1n) is 13.6. The van der Waals surface area contributed by atoms with Crippen LogP contribution in [-0.4, -0.2) is 46.2 Å². The number of nitrogens with zero attached hydrogens (tertiary/aromatic N) is 3. The second kappa shape index (κ2) is 14.5. The van der Waals surface area contributed by atoms with E-state index >= 15 is 0 Å². The number of rotatable bonds is 10. The van der Waals surface area contributed by atoms with Crippen LogP contribution < -0.4 is 0 Å². The monoisotopic (exact) mass is 588 g/mol. The third kappa shape index (κ3) is 7.78. The van der Waals surface area contributed by atoms with Crippen molar-refractivity contribution in [3.63, 3.8) is 0 Å². The van der Waals surface area contributed by atoms with Gasteiger partial charge in [-0.05, 0) is 36.1 Å². The van der Waals surface area contributed by atoms with Gasteiger partial charge in [0.1, 0.15) is 0 Å². The van der Waals surface area contributed by atoms with Crippen molar-refractivity contribution in [3.8, 4) is 0 Å². The Balaban J connectivity index is 0.00000387.